The first-order chi connectivity index (χ1) is 17.5. The van der Waals surface area contributed by atoms with Crippen molar-refractivity contribution in [2.45, 2.75) is 0 Å². The molecule has 0 aliphatic rings. The number of non-ortho nitro benzene ring substituents is 1. The smallest absolute Gasteiger partial charge is 0.286 e. The molecule has 0 atom stereocenters. The normalized spacial score (nSPS) is 11.0. The van der Waals surface area contributed by atoms with E-state index in [0.717, 1.165) is 10.4 Å². The van der Waals surface area contributed by atoms with Crippen molar-refractivity contribution in [3.63, 3.8) is 0 Å². The second-order valence-corrected chi connectivity index (χ2v) is 8.49. The monoisotopic (exact) mass is 493 g/mol. The van der Waals surface area contributed by atoms with Crippen LogP contribution in [0, 0.1) is 21.4 Å². The molecule has 0 bridgehead atoms. The van der Waals surface area contributed by atoms with Gasteiger partial charge in [-0.1, -0.05) is 53.8 Å². The zero-order valence-corrected chi connectivity index (χ0v) is 19.2. The van der Waals surface area contributed by atoms with Crippen LogP contribution in [0.15, 0.2) is 100 Å². The Morgan fingerprint density at radius 1 is 0.972 bits per heavy atom. The summed E-state index contributed by atoms with van der Waals surface area (Å²) in [5.74, 6) is 0. The lowest BCUT2D eigenvalue weighted by atomic mass is 10.1. The van der Waals surface area contributed by atoms with Crippen LogP contribution in [0.4, 0.5) is 17.1 Å². The third-order valence-corrected chi connectivity index (χ3v) is 6.29. The highest BCUT2D eigenvalue weighted by Crippen LogP contribution is 2.32. The zero-order valence-electron chi connectivity index (χ0n) is 18.4. The molecule has 11 heteroatoms. The summed E-state index contributed by atoms with van der Waals surface area (Å²) < 4.78 is 1.26. The molecule has 2 aromatic heterocycles. The maximum Gasteiger partial charge on any atom is 0.301 e. The SMILES string of the molecule is N#Cc1ccccc1N=Nc1c(-c2ccc([N+](=O)[O-])cc2)[nH]n(-c2ncc(-c3ccccc3)s2)c1=O. The number of azo groups is 1. The van der Waals surface area contributed by atoms with Crippen LogP contribution < -0.4 is 5.56 Å². The molecule has 0 radical (unpaired) electrons. The molecular weight excluding hydrogens is 478 g/mol. The Labute approximate surface area is 207 Å². The average molecular weight is 494 g/mol. The van der Waals surface area contributed by atoms with E-state index >= 15 is 0 Å². The van der Waals surface area contributed by atoms with E-state index in [9.17, 15) is 20.2 Å². The molecular formula is C25H15N7O3S. The van der Waals surface area contributed by atoms with E-state index in [4.69, 9.17) is 0 Å². The van der Waals surface area contributed by atoms with E-state index < -0.39 is 10.5 Å². The fourth-order valence-corrected chi connectivity index (χ4v) is 4.35. The van der Waals surface area contributed by atoms with Gasteiger partial charge in [-0.25, -0.2) is 4.98 Å². The van der Waals surface area contributed by atoms with Crippen molar-refractivity contribution in [3.8, 4) is 32.9 Å². The lowest BCUT2D eigenvalue weighted by Gasteiger charge is -2.00. The maximum atomic E-state index is 13.4. The van der Waals surface area contributed by atoms with Gasteiger partial charge >= 0.3 is 5.56 Å². The quantitative estimate of drug-likeness (QED) is 0.171. The van der Waals surface area contributed by atoms with Crippen LogP contribution in [-0.2, 0) is 0 Å². The summed E-state index contributed by atoms with van der Waals surface area (Å²) in [7, 11) is 0. The molecule has 1 N–H and O–H groups in total. The Balaban J connectivity index is 1.63. The predicted octanol–water partition coefficient (Wildman–Crippen LogP) is 6.15. The van der Waals surface area contributed by atoms with Crippen molar-refractivity contribution in [1.29, 1.82) is 5.26 Å². The Morgan fingerprint density at radius 3 is 2.42 bits per heavy atom. The number of thiazole rings is 1. The van der Waals surface area contributed by atoms with E-state index in [2.05, 4.69) is 20.3 Å². The molecule has 10 nitrogen and oxygen atoms in total. The number of benzene rings is 3. The first-order valence-electron chi connectivity index (χ1n) is 10.6. The minimum Gasteiger partial charge on any atom is -0.286 e. The molecule has 0 amide bonds. The summed E-state index contributed by atoms with van der Waals surface area (Å²) in [5, 5.41) is 32.2. The summed E-state index contributed by atoms with van der Waals surface area (Å²) in [6.45, 7) is 0. The number of aromatic amines is 1. The number of nitrogens with zero attached hydrogens (tertiary/aromatic N) is 6. The van der Waals surface area contributed by atoms with Crippen LogP contribution >= 0.6 is 11.3 Å². The lowest BCUT2D eigenvalue weighted by molar-refractivity contribution is -0.384. The summed E-state index contributed by atoms with van der Waals surface area (Å²) in [6, 6.07) is 24.0. The molecule has 174 valence electrons. The molecule has 0 saturated carbocycles. The number of nitro groups is 1. The number of nitro benzene ring substituents is 1. The minimum absolute atomic E-state index is 0.0203. The standard InChI is InChI=1S/C25H15N7O3S/c26-14-18-8-4-5-9-20(18)28-29-23-22(17-10-12-19(13-11-17)32(34)35)30-31(24(23)33)25-27-15-21(36-25)16-6-2-1-3-7-16/h1-13,15,30H. The van der Waals surface area contributed by atoms with Gasteiger partial charge < -0.3 is 0 Å². The number of hydrogen-bond donors (Lipinski definition) is 1. The number of nitrogens with one attached hydrogen (secondary N) is 1. The molecule has 0 fully saturated rings. The van der Waals surface area contributed by atoms with Gasteiger partial charge in [0.2, 0.25) is 5.13 Å². The number of aromatic nitrogens is 3. The Kier molecular flexibility index (Phi) is 6.00. The van der Waals surface area contributed by atoms with Crippen LogP contribution in [0.2, 0.25) is 0 Å². The topological polar surface area (TPSA) is 142 Å². The summed E-state index contributed by atoms with van der Waals surface area (Å²) in [6.07, 6.45) is 1.68. The van der Waals surface area contributed by atoms with E-state index in [1.807, 2.05) is 36.4 Å². The fourth-order valence-electron chi connectivity index (χ4n) is 3.47. The molecule has 5 aromatic rings. The summed E-state index contributed by atoms with van der Waals surface area (Å²) >= 11 is 1.31. The van der Waals surface area contributed by atoms with Crippen molar-refractivity contribution in [1.82, 2.24) is 14.8 Å². The Bertz CT molecular complexity index is 1690. The molecule has 3 aromatic carbocycles. The van der Waals surface area contributed by atoms with Gasteiger partial charge in [0.1, 0.15) is 11.8 Å². The van der Waals surface area contributed by atoms with Gasteiger partial charge in [-0.2, -0.15) is 9.94 Å². The van der Waals surface area contributed by atoms with Gasteiger partial charge in [-0.15, -0.1) is 10.2 Å². The van der Waals surface area contributed by atoms with Crippen LogP contribution in [0.1, 0.15) is 5.56 Å². The predicted molar refractivity (Wildman–Crippen MR) is 135 cm³/mol. The van der Waals surface area contributed by atoms with Crippen molar-refractivity contribution >= 4 is 28.4 Å². The van der Waals surface area contributed by atoms with E-state index in [-0.39, 0.29) is 11.4 Å². The van der Waals surface area contributed by atoms with Crippen molar-refractivity contribution < 1.29 is 4.92 Å². The van der Waals surface area contributed by atoms with Gasteiger partial charge in [-0.3, -0.25) is 20.0 Å². The summed E-state index contributed by atoms with van der Waals surface area (Å²) in [5.41, 5.74) is 1.78. The Morgan fingerprint density at radius 2 is 1.69 bits per heavy atom. The first kappa shape index (κ1) is 22.6. The van der Waals surface area contributed by atoms with E-state index in [1.165, 1.54) is 40.3 Å². The lowest BCUT2D eigenvalue weighted by Crippen LogP contribution is -2.13. The largest absolute Gasteiger partial charge is 0.301 e. The molecule has 0 aliphatic heterocycles. The highest BCUT2D eigenvalue weighted by molar-refractivity contribution is 7.17. The van der Waals surface area contributed by atoms with Gasteiger partial charge in [0.15, 0.2) is 5.69 Å². The second-order valence-electron chi connectivity index (χ2n) is 7.48. The van der Waals surface area contributed by atoms with Gasteiger partial charge in [0, 0.05) is 23.9 Å². The number of H-pyrrole nitrogens is 1. The fraction of sp³-hybridized carbons (Fsp3) is 0. The van der Waals surface area contributed by atoms with Crippen LogP contribution in [0.3, 0.4) is 0 Å². The van der Waals surface area contributed by atoms with Crippen LogP contribution in [-0.4, -0.2) is 19.7 Å². The molecule has 5 rings (SSSR count). The third kappa shape index (κ3) is 4.31. The minimum atomic E-state index is -0.504. The van der Waals surface area contributed by atoms with E-state index in [1.54, 1.807) is 30.5 Å². The molecule has 36 heavy (non-hydrogen) atoms. The second kappa shape index (κ2) is 9.57. The van der Waals surface area contributed by atoms with Crippen molar-refractivity contribution in [3.05, 3.63) is 111 Å². The average Bonchev–Trinajstić information content (AvgIpc) is 3.53. The van der Waals surface area contributed by atoms with E-state index in [0.29, 0.717) is 27.6 Å². The van der Waals surface area contributed by atoms with Gasteiger partial charge in [0.25, 0.3) is 5.69 Å². The first-order valence-corrected chi connectivity index (χ1v) is 11.4. The van der Waals surface area contributed by atoms with Gasteiger partial charge in [0.05, 0.1) is 21.1 Å². The number of hydrogen-bond acceptors (Lipinski definition) is 8. The highest BCUT2D eigenvalue weighted by Gasteiger charge is 2.20. The highest BCUT2D eigenvalue weighted by atomic mass is 32.1. The van der Waals surface area contributed by atoms with Crippen LogP contribution in [0.5, 0.6) is 0 Å². The van der Waals surface area contributed by atoms with Gasteiger partial charge in [-0.05, 0) is 29.8 Å². The zero-order chi connectivity index (χ0) is 25.1. The summed E-state index contributed by atoms with van der Waals surface area (Å²) in [4.78, 5) is 29.3. The Hall–Kier alpha value is -5.21. The molecule has 0 unspecified atom stereocenters. The molecule has 2 heterocycles. The third-order valence-electron chi connectivity index (χ3n) is 5.26. The number of rotatable bonds is 6. The van der Waals surface area contributed by atoms with Crippen molar-refractivity contribution in [2.24, 2.45) is 10.2 Å². The molecule has 0 saturated heterocycles. The maximum absolute atomic E-state index is 13.4. The van der Waals surface area contributed by atoms with Crippen LogP contribution in [0.25, 0.3) is 26.8 Å². The van der Waals surface area contributed by atoms with Crippen molar-refractivity contribution in [2.75, 3.05) is 0 Å². The molecule has 0 aliphatic carbocycles. The molecule has 0 spiro atoms. The number of nitriles is 1.